The van der Waals surface area contributed by atoms with E-state index in [9.17, 15) is 4.79 Å². The monoisotopic (exact) mass is 282 g/mol. The van der Waals surface area contributed by atoms with Gasteiger partial charge in [-0.25, -0.2) is 0 Å². The van der Waals surface area contributed by atoms with Crippen molar-refractivity contribution in [3.63, 3.8) is 0 Å². The molecule has 3 nitrogen and oxygen atoms in total. The molecule has 0 aromatic heterocycles. The van der Waals surface area contributed by atoms with E-state index in [1.165, 1.54) is 5.56 Å². The van der Waals surface area contributed by atoms with Gasteiger partial charge in [0.1, 0.15) is 0 Å². The fraction of sp³-hybridized carbons (Fsp3) is 0.533. The van der Waals surface area contributed by atoms with Crippen LogP contribution >= 0.6 is 12.4 Å². The van der Waals surface area contributed by atoms with Gasteiger partial charge in [0.25, 0.3) is 0 Å². The molecule has 1 aliphatic rings. The van der Waals surface area contributed by atoms with Crippen molar-refractivity contribution in [3.05, 3.63) is 29.3 Å². The highest BCUT2D eigenvalue weighted by molar-refractivity contribution is 5.96. The first-order valence-electron chi connectivity index (χ1n) is 6.66. The zero-order valence-electron chi connectivity index (χ0n) is 11.7. The summed E-state index contributed by atoms with van der Waals surface area (Å²) < 4.78 is 0. The van der Waals surface area contributed by atoms with Crippen LogP contribution < -0.4 is 11.1 Å². The number of benzene rings is 1. The van der Waals surface area contributed by atoms with E-state index in [4.69, 9.17) is 5.73 Å². The summed E-state index contributed by atoms with van der Waals surface area (Å²) in [6.07, 6.45) is 4.05. The number of amides is 1. The van der Waals surface area contributed by atoms with Gasteiger partial charge in [-0.05, 0) is 38.3 Å². The summed E-state index contributed by atoms with van der Waals surface area (Å²) in [6, 6.07) is 6.08. The molecule has 1 aromatic rings. The van der Waals surface area contributed by atoms with Crippen LogP contribution in [0.2, 0.25) is 0 Å². The van der Waals surface area contributed by atoms with Crippen molar-refractivity contribution < 1.29 is 4.79 Å². The Morgan fingerprint density at radius 3 is 2.47 bits per heavy atom. The third-order valence-electron chi connectivity index (χ3n) is 4.06. The Balaban J connectivity index is 0.00000180. The van der Waals surface area contributed by atoms with Crippen molar-refractivity contribution in [2.75, 3.05) is 11.9 Å². The predicted molar refractivity (Wildman–Crippen MR) is 81.7 cm³/mol. The number of carbonyl (C=O) groups excluding carboxylic acids is 1. The minimum Gasteiger partial charge on any atom is -0.329 e. The number of nitrogens with two attached hydrogens (primary N) is 1. The first-order chi connectivity index (χ1) is 8.57. The summed E-state index contributed by atoms with van der Waals surface area (Å²) in [4.78, 5) is 12.4. The lowest BCUT2D eigenvalue weighted by atomic mass is 9.85. The molecule has 1 amide bonds. The average molecular weight is 283 g/mol. The van der Waals surface area contributed by atoms with Crippen molar-refractivity contribution in [2.45, 2.75) is 39.5 Å². The van der Waals surface area contributed by atoms with Crippen molar-refractivity contribution in [1.82, 2.24) is 0 Å². The Bertz CT molecular complexity index is 453. The van der Waals surface area contributed by atoms with Gasteiger partial charge >= 0.3 is 0 Å². The number of rotatable bonds is 3. The SMILES string of the molecule is Cc1ccc(NC(=O)C2(CN)CCCC2)c(C)c1.Cl. The highest BCUT2D eigenvalue weighted by Crippen LogP contribution is 2.38. The lowest BCUT2D eigenvalue weighted by Crippen LogP contribution is -2.40. The number of anilines is 1. The van der Waals surface area contributed by atoms with E-state index in [-0.39, 0.29) is 23.7 Å². The van der Waals surface area contributed by atoms with Gasteiger partial charge in [0.2, 0.25) is 5.91 Å². The second kappa shape index (κ2) is 6.40. The number of halogens is 1. The highest BCUT2D eigenvalue weighted by atomic mass is 35.5. The molecule has 0 saturated heterocycles. The van der Waals surface area contributed by atoms with Crippen LogP contribution in [0.4, 0.5) is 5.69 Å². The Morgan fingerprint density at radius 2 is 1.95 bits per heavy atom. The predicted octanol–water partition coefficient (Wildman–Crippen LogP) is 3.18. The zero-order valence-corrected chi connectivity index (χ0v) is 12.5. The van der Waals surface area contributed by atoms with E-state index >= 15 is 0 Å². The summed E-state index contributed by atoms with van der Waals surface area (Å²) in [5, 5.41) is 3.05. The molecule has 2 rings (SSSR count). The fourth-order valence-electron chi connectivity index (χ4n) is 2.78. The summed E-state index contributed by atoms with van der Waals surface area (Å²) in [5.74, 6) is 0.0921. The second-order valence-corrected chi connectivity index (χ2v) is 5.46. The fourth-order valence-corrected chi connectivity index (χ4v) is 2.78. The summed E-state index contributed by atoms with van der Waals surface area (Å²) in [7, 11) is 0. The van der Waals surface area contributed by atoms with Crippen molar-refractivity contribution in [3.8, 4) is 0 Å². The molecule has 0 heterocycles. The van der Waals surface area contributed by atoms with Gasteiger partial charge < -0.3 is 11.1 Å². The van der Waals surface area contributed by atoms with E-state index in [1.54, 1.807) is 0 Å². The quantitative estimate of drug-likeness (QED) is 0.895. The molecule has 4 heteroatoms. The Morgan fingerprint density at radius 1 is 1.32 bits per heavy atom. The van der Waals surface area contributed by atoms with Gasteiger partial charge in [-0.1, -0.05) is 30.5 Å². The molecule has 0 spiro atoms. The lowest BCUT2D eigenvalue weighted by molar-refractivity contribution is -0.124. The summed E-state index contributed by atoms with van der Waals surface area (Å²) >= 11 is 0. The smallest absolute Gasteiger partial charge is 0.231 e. The van der Waals surface area contributed by atoms with Crippen LogP contribution in [0.15, 0.2) is 18.2 Å². The molecular weight excluding hydrogens is 260 g/mol. The van der Waals surface area contributed by atoms with E-state index in [2.05, 4.69) is 18.3 Å². The van der Waals surface area contributed by atoms with Gasteiger partial charge in [-0.15, -0.1) is 12.4 Å². The van der Waals surface area contributed by atoms with E-state index in [1.807, 2.05) is 19.1 Å². The molecule has 0 bridgehead atoms. The Kier molecular flexibility index (Phi) is 5.39. The van der Waals surface area contributed by atoms with Crippen LogP contribution in [-0.2, 0) is 4.79 Å². The summed E-state index contributed by atoms with van der Waals surface area (Å²) in [6.45, 7) is 4.52. The third-order valence-corrected chi connectivity index (χ3v) is 4.06. The molecule has 106 valence electrons. The minimum absolute atomic E-state index is 0. The van der Waals surface area contributed by atoms with Crippen molar-refractivity contribution >= 4 is 24.0 Å². The Hall–Kier alpha value is -1.06. The van der Waals surface area contributed by atoms with E-state index in [0.29, 0.717) is 6.54 Å². The molecule has 1 aromatic carbocycles. The van der Waals surface area contributed by atoms with Crippen LogP contribution in [0, 0.1) is 19.3 Å². The molecule has 1 saturated carbocycles. The van der Waals surface area contributed by atoms with Crippen LogP contribution in [-0.4, -0.2) is 12.5 Å². The molecule has 0 atom stereocenters. The number of hydrogen-bond donors (Lipinski definition) is 2. The molecule has 1 aliphatic carbocycles. The van der Waals surface area contributed by atoms with Crippen molar-refractivity contribution in [2.24, 2.45) is 11.1 Å². The first kappa shape index (κ1) is 16.0. The molecule has 0 radical (unpaired) electrons. The standard InChI is InChI=1S/C15H22N2O.ClH/c1-11-5-6-13(12(2)9-11)17-14(18)15(10-16)7-3-4-8-15;/h5-6,9H,3-4,7-8,10,16H2,1-2H3,(H,17,18);1H. The molecule has 3 N–H and O–H groups in total. The molecule has 0 aliphatic heterocycles. The van der Waals surface area contributed by atoms with Gasteiger partial charge in [-0.3, -0.25) is 4.79 Å². The Labute approximate surface area is 121 Å². The van der Waals surface area contributed by atoms with Crippen LogP contribution in [0.5, 0.6) is 0 Å². The van der Waals surface area contributed by atoms with Crippen LogP contribution in [0.25, 0.3) is 0 Å². The maximum Gasteiger partial charge on any atom is 0.231 e. The number of carbonyl (C=O) groups is 1. The van der Waals surface area contributed by atoms with Gasteiger partial charge in [0.05, 0.1) is 5.41 Å². The normalized spacial score (nSPS) is 16.8. The molecule has 1 fully saturated rings. The van der Waals surface area contributed by atoms with Crippen LogP contribution in [0.1, 0.15) is 36.8 Å². The van der Waals surface area contributed by atoms with Crippen molar-refractivity contribution in [1.29, 1.82) is 0 Å². The third kappa shape index (κ3) is 3.28. The summed E-state index contributed by atoms with van der Waals surface area (Å²) in [5.41, 5.74) is 8.71. The zero-order chi connectivity index (χ0) is 13.2. The molecular formula is C15H23ClN2O. The van der Waals surface area contributed by atoms with Gasteiger partial charge in [0.15, 0.2) is 0 Å². The number of hydrogen-bond acceptors (Lipinski definition) is 2. The second-order valence-electron chi connectivity index (χ2n) is 5.46. The van der Waals surface area contributed by atoms with E-state index in [0.717, 1.165) is 36.9 Å². The largest absolute Gasteiger partial charge is 0.329 e. The topological polar surface area (TPSA) is 55.1 Å². The lowest BCUT2D eigenvalue weighted by Gasteiger charge is -2.26. The van der Waals surface area contributed by atoms with Crippen LogP contribution in [0.3, 0.4) is 0 Å². The first-order valence-corrected chi connectivity index (χ1v) is 6.66. The molecule has 19 heavy (non-hydrogen) atoms. The van der Waals surface area contributed by atoms with Gasteiger partial charge in [0, 0.05) is 12.2 Å². The molecule has 0 unspecified atom stereocenters. The van der Waals surface area contributed by atoms with E-state index < -0.39 is 0 Å². The maximum atomic E-state index is 12.4. The average Bonchev–Trinajstić information content (AvgIpc) is 2.82. The number of aryl methyl sites for hydroxylation is 2. The highest BCUT2D eigenvalue weighted by Gasteiger charge is 2.39. The number of nitrogens with one attached hydrogen (secondary N) is 1. The van der Waals surface area contributed by atoms with Gasteiger partial charge in [-0.2, -0.15) is 0 Å². The minimum atomic E-state index is -0.336. The maximum absolute atomic E-state index is 12.4.